The first kappa shape index (κ1) is 22.7. The highest BCUT2D eigenvalue weighted by atomic mass is 32.2. The van der Waals surface area contributed by atoms with Crippen LogP contribution in [0.1, 0.15) is 71.8 Å². The van der Waals surface area contributed by atoms with Gasteiger partial charge in [0.2, 0.25) is 0 Å². The van der Waals surface area contributed by atoms with Crippen molar-refractivity contribution in [2.24, 2.45) is 5.92 Å². The summed E-state index contributed by atoms with van der Waals surface area (Å²) < 4.78 is 29.6. The summed E-state index contributed by atoms with van der Waals surface area (Å²) in [6, 6.07) is 7.87. The van der Waals surface area contributed by atoms with Crippen LogP contribution in [0.3, 0.4) is 0 Å². The lowest BCUT2D eigenvalue weighted by Gasteiger charge is -2.30. The standard InChI is InChI=1S/C22H35NO4S/c1-5-6-7-17-8-12-19(13-9-17)23-21(24)27-20-14-10-18(11-15-20)16-28(25,26)22(2,3)4/h8-9,12-13,18,20H,5-7,10-11,14-16H2,1-4H3,(H,23,24). The molecule has 1 amide bonds. The SMILES string of the molecule is CCCCc1ccc(NC(=O)OC2CCC(CS(=O)(=O)C(C)(C)C)CC2)cc1. The Balaban J connectivity index is 1.76. The van der Waals surface area contributed by atoms with Gasteiger partial charge >= 0.3 is 6.09 Å². The maximum absolute atomic E-state index is 12.4. The zero-order valence-electron chi connectivity index (χ0n) is 17.7. The molecule has 0 radical (unpaired) electrons. The van der Waals surface area contributed by atoms with Gasteiger partial charge < -0.3 is 4.74 Å². The lowest BCUT2D eigenvalue weighted by atomic mass is 9.89. The van der Waals surface area contributed by atoms with Gasteiger partial charge in [-0.15, -0.1) is 0 Å². The van der Waals surface area contributed by atoms with E-state index in [1.807, 2.05) is 24.3 Å². The third-order valence-electron chi connectivity index (χ3n) is 5.47. The van der Waals surface area contributed by atoms with Gasteiger partial charge in [-0.1, -0.05) is 25.5 Å². The van der Waals surface area contributed by atoms with Crippen LogP contribution in [0.15, 0.2) is 24.3 Å². The molecule has 1 saturated carbocycles. The number of benzene rings is 1. The number of nitrogens with one attached hydrogen (secondary N) is 1. The van der Waals surface area contributed by atoms with Crippen molar-refractivity contribution in [3.8, 4) is 0 Å². The summed E-state index contributed by atoms with van der Waals surface area (Å²) in [4.78, 5) is 12.2. The summed E-state index contributed by atoms with van der Waals surface area (Å²) in [7, 11) is -3.11. The highest BCUT2D eigenvalue weighted by Gasteiger charge is 2.33. The van der Waals surface area contributed by atoms with Crippen LogP contribution in [-0.2, 0) is 21.0 Å². The molecule has 1 N–H and O–H groups in total. The maximum atomic E-state index is 12.4. The summed E-state index contributed by atoms with van der Waals surface area (Å²) in [6.07, 6.45) is 5.78. The Kier molecular flexibility index (Phi) is 7.93. The minimum Gasteiger partial charge on any atom is -0.446 e. The summed E-state index contributed by atoms with van der Waals surface area (Å²) >= 11 is 0. The minimum absolute atomic E-state index is 0.141. The molecule has 1 aromatic carbocycles. The van der Waals surface area contributed by atoms with Gasteiger partial charge in [0, 0.05) is 5.69 Å². The van der Waals surface area contributed by atoms with E-state index in [0.29, 0.717) is 12.8 Å². The zero-order valence-corrected chi connectivity index (χ0v) is 18.5. The number of anilines is 1. The normalized spacial score (nSPS) is 20.6. The van der Waals surface area contributed by atoms with Crippen molar-refractivity contribution in [3.05, 3.63) is 29.8 Å². The number of ether oxygens (including phenoxy) is 1. The molecule has 0 aliphatic heterocycles. The number of rotatable bonds is 7. The van der Waals surface area contributed by atoms with Crippen LogP contribution in [-0.4, -0.2) is 31.1 Å². The van der Waals surface area contributed by atoms with Gasteiger partial charge in [0.15, 0.2) is 9.84 Å². The van der Waals surface area contributed by atoms with Gasteiger partial charge in [-0.2, -0.15) is 0 Å². The second kappa shape index (κ2) is 9.77. The van der Waals surface area contributed by atoms with Crippen LogP contribution in [0, 0.1) is 5.92 Å². The molecule has 28 heavy (non-hydrogen) atoms. The summed E-state index contributed by atoms with van der Waals surface area (Å²) in [5.41, 5.74) is 2.00. The smallest absolute Gasteiger partial charge is 0.411 e. The van der Waals surface area contributed by atoms with Crippen LogP contribution >= 0.6 is 0 Å². The Hall–Kier alpha value is -1.56. The first-order valence-electron chi connectivity index (χ1n) is 10.4. The predicted molar refractivity (Wildman–Crippen MR) is 114 cm³/mol. The van der Waals surface area contributed by atoms with Crippen LogP contribution in [0.2, 0.25) is 0 Å². The number of hydrogen-bond donors (Lipinski definition) is 1. The first-order valence-corrected chi connectivity index (χ1v) is 12.0. The van der Waals surface area contributed by atoms with Crippen LogP contribution in [0.25, 0.3) is 0 Å². The molecule has 0 spiro atoms. The van der Waals surface area contributed by atoms with E-state index in [0.717, 1.165) is 37.8 Å². The second-order valence-electron chi connectivity index (χ2n) is 8.87. The van der Waals surface area contributed by atoms with Crippen molar-refractivity contribution in [2.45, 2.75) is 83.5 Å². The first-order chi connectivity index (χ1) is 13.1. The number of unbranched alkanes of at least 4 members (excludes halogenated alkanes) is 1. The Labute approximate surface area is 170 Å². The topological polar surface area (TPSA) is 72.5 Å². The van der Waals surface area contributed by atoms with E-state index in [1.54, 1.807) is 20.8 Å². The molecule has 1 fully saturated rings. The van der Waals surface area contributed by atoms with Crippen LogP contribution in [0.4, 0.5) is 10.5 Å². The van der Waals surface area contributed by atoms with Crippen molar-refractivity contribution in [1.82, 2.24) is 0 Å². The van der Waals surface area contributed by atoms with Crippen LogP contribution < -0.4 is 5.32 Å². The molecule has 6 heteroatoms. The molecule has 2 rings (SSSR count). The Morgan fingerprint density at radius 1 is 1.11 bits per heavy atom. The molecule has 1 aliphatic rings. The fourth-order valence-corrected chi connectivity index (χ4v) is 4.86. The van der Waals surface area contributed by atoms with E-state index in [1.165, 1.54) is 5.56 Å². The summed E-state index contributed by atoms with van der Waals surface area (Å²) in [5, 5.41) is 2.78. The van der Waals surface area contributed by atoms with E-state index < -0.39 is 20.7 Å². The molecular weight excluding hydrogens is 374 g/mol. The molecule has 0 aromatic heterocycles. The number of hydrogen-bond acceptors (Lipinski definition) is 4. The number of aryl methyl sites for hydroxylation is 1. The molecular formula is C22H35NO4S. The fourth-order valence-electron chi connectivity index (χ4n) is 3.41. The third-order valence-corrected chi connectivity index (χ3v) is 8.25. The highest BCUT2D eigenvalue weighted by molar-refractivity contribution is 7.92. The molecule has 1 aromatic rings. The molecule has 158 valence electrons. The number of sulfone groups is 1. The number of carbonyl (C=O) groups excluding carboxylic acids is 1. The van der Waals surface area contributed by atoms with Gasteiger partial charge in [-0.3, -0.25) is 5.32 Å². The molecule has 0 bridgehead atoms. The maximum Gasteiger partial charge on any atom is 0.411 e. The van der Waals surface area contributed by atoms with Gasteiger partial charge in [0.05, 0.1) is 10.5 Å². The van der Waals surface area contributed by atoms with Crippen molar-refractivity contribution < 1.29 is 17.9 Å². The fraction of sp³-hybridized carbons (Fsp3) is 0.682. The van der Waals surface area contributed by atoms with E-state index in [4.69, 9.17) is 4.74 Å². The van der Waals surface area contributed by atoms with Gasteiger partial charge in [-0.25, -0.2) is 13.2 Å². The summed E-state index contributed by atoms with van der Waals surface area (Å²) in [6.45, 7) is 7.41. The second-order valence-corrected chi connectivity index (χ2v) is 11.7. The molecule has 1 aliphatic carbocycles. The van der Waals surface area contributed by atoms with Gasteiger partial charge in [0.25, 0.3) is 0 Å². The Bertz CT molecular complexity index is 727. The van der Waals surface area contributed by atoms with Gasteiger partial charge in [0.1, 0.15) is 6.10 Å². The summed E-state index contributed by atoms with van der Waals surface area (Å²) in [5.74, 6) is 0.377. The van der Waals surface area contributed by atoms with Crippen molar-refractivity contribution >= 4 is 21.6 Å². The van der Waals surface area contributed by atoms with E-state index >= 15 is 0 Å². The molecule has 0 atom stereocenters. The van der Waals surface area contributed by atoms with E-state index in [2.05, 4.69) is 12.2 Å². The molecule has 0 heterocycles. The highest BCUT2D eigenvalue weighted by Crippen LogP contribution is 2.30. The average Bonchev–Trinajstić information content (AvgIpc) is 2.61. The minimum atomic E-state index is -3.11. The molecule has 5 nitrogen and oxygen atoms in total. The van der Waals surface area contributed by atoms with Crippen LogP contribution in [0.5, 0.6) is 0 Å². The van der Waals surface area contributed by atoms with E-state index in [-0.39, 0.29) is 17.8 Å². The average molecular weight is 410 g/mol. The van der Waals surface area contributed by atoms with Crippen molar-refractivity contribution in [3.63, 3.8) is 0 Å². The zero-order chi connectivity index (χ0) is 20.8. The largest absolute Gasteiger partial charge is 0.446 e. The number of amides is 1. The lowest BCUT2D eigenvalue weighted by molar-refractivity contribution is 0.0768. The van der Waals surface area contributed by atoms with Crippen molar-refractivity contribution in [1.29, 1.82) is 0 Å². The monoisotopic (exact) mass is 409 g/mol. The van der Waals surface area contributed by atoms with E-state index in [9.17, 15) is 13.2 Å². The lowest BCUT2D eigenvalue weighted by Crippen LogP contribution is -2.35. The number of carbonyl (C=O) groups is 1. The van der Waals surface area contributed by atoms with Crippen molar-refractivity contribution in [2.75, 3.05) is 11.1 Å². The molecule has 0 saturated heterocycles. The van der Waals surface area contributed by atoms with Gasteiger partial charge in [-0.05, 0) is 82.9 Å². The predicted octanol–water partition coefficient (Wildman–Crippen LogP) is 5.35. The quantitative estimate of drug-likeness (QED) is 0.659. The third kappa shape index (κ3) is 6.80. The Morgan fingerprint density at radius 2 is 1.71 bits per heavy atom. The Morgan fingerprint density at radius 3 is 2.25 bits per heavy atom. The molecule has 0 unspecified atom stereocenters.